The SMILES string of the molecule is COc1cccc(CCCCc2ccccc2OC2CCNCC2)c1.Cl. The van der Waals surface area contributed by atoms with Crippen LogP contribution in [-0.2, 0) is 12.8 Å². The third kappa shape index (κ3) is 6.22. The molecule has 26 heavy (non-hydrogen) atoms. The van der Waals surface area contributed by atoms with E-state index in [0.29, 0.717) is 6.10 Å². The highest BCUT2D eigenvalue weighted by molar-refractivity contribution is 5.85. The molecule has 1 saturated heterocycles. The fourth-order valence-corrected chi connectivity index (χ4v) is 3.39. The molecule has 1 aliphatic heterocycles. The Morgan fingerprint density at radius 2 is 1.73 bits per heavy atom. The highest BCUT2D eigenvalue weighted by atomic mass is 35.5. The van der Waals surface area contributed by atoms with E-state index in [0.717, 1.165) is 50.3 Å². The molecule has 0 aromatic heterocycles. The number of nitrogens with one attached hydrogen (secondary N) is 1. The normalized spacial score (nSPS) is 14.5. The van der Waals surface area contributed by atoms with E-state index in [4.69, 9.17) is 9.47 Å². The molecule has 0 unspecified atom stereocenters. The topological polar surface area (TPSA) is 30.5 Å². The minimum absolute atomic E-state index is 0. The lowest BCUT2D eigenvalue weighted by molar-refractivity contribution is 0.161. The van der Waals surface area contributed by atoms with E-state index in [2.05, 4.69) is 47.8 Å². The number of hydrogen-bond acceptors (Lipinski definition) is 3. The third-order valence-electron chi connectivity index (χ3n) is 4.85. The van der Waals surface area contributed by atoms with Crippen molar-refractivity contribution in [1.82, 2.24) is 5.32 Å². The summed E-state index contributed by atoms with van der Waals surface area (Å²) in [5, 5.41) is 3.39. The highest BCUT2D eigenvalue weighted by Gasteiger charge is 2.15. The van der Waals surface area contributed by atoms with Gasteiger partial charge in [0.1, 0.15) is 17.6 Å². The van der Waals surface area contributed by atoms with Gasteiger partial charge in [0.25, 0.3) is 0 Å². The van der Waals surface area contributed by atoms with E-state index < -0.39 is 0 Å². The molecule has 1 aliphatic rings. The molecule has 4 heteroatoms. The number of halogens is 1. The van der Waals surface area contributed by atoms with Gasteiger partial charge in [0, 0.05) is 0 Å². The van der Waals surface area contributed by atoms with Crippen LogP contribution in [0.25, 0.3) is 0 Å². The molecule has 0 atom stereocenters. The molecule has 3 nitrogen and oxygen atoms in total. The summed E-state index contributed by atoms with van der Waals surface area (Å²) >= 11 is 0. The van der Waals surface area contributed by atoms with Crippen LogP contribution in [0.15, 0.2) is 48.5 Å². The van der Waals surface area contributed by atoms with Crippen LogP contribution in [0.5, 0.6) is 11.5 Å². The van der Waals surface area contributed by atoms with Crippen molar-refractivity contribution in [2.75, 3.05) is 20.2 Å². The Morgan fingerprint density at radius 3 is 2.54 bits per heavy atom. The predicted molar refractivity (Wildman–Crippen MR) is 110 cm³/mol. The minimum Gasteiger partial charge on any atom is -0.497 e. The average Bonchev–Trinajstić information content (AvgIpc) is 2.67. The van der Waals surface area contributed by atoms with Crippen LogP contribution < -0.4 is 14.8 Å². The molecule has 0 bridgehead atoms. The lowest BCUT2D eigenvalue weighted by atomic mass is 10.0. The van der Waals surface area contributed by atoms with Crippen molar-refractivity contribution in [1.29, 1.82) is 0 Å². The number of ether oxygens (including phenoxy) is 2. The third-order valence-corrected chi connectivity index (χ3v) is 4.85. The van der Waals surface area contributed by atoms with Crippen LogP contribution in [0, 0.1) is 0 Å². The van der Waals surface area contributed by atoms with Gasteiger partial charge in [-0.05, 0) is 80.9 Å². The maximum atomic E-state index is 6.28. The van der Waals surface area contributed by atoms with Crippen molar-refractivity contribution in [2.24, 2.45) is 0 Å². The first-order chi connectivity index (χ1) is 12.3. The van der Waals surface area contributed by atoms with Gasteiger partial charge >= 0.3 is 0 Å². The van der Waals surface area contributed by atoms with Gasteiger partial charge in [0.2, 0.25) is 0 Å². The van der Waals surface area contributed by atoms with Crippen molar-refractivity contribution in [2.45, 2.75) is 44.6 Å². The first-order valence-corrected chi connectivity index (χ1v) is 9.43. The molecular weight excluding hydrogens is 346 g/mol. The second-order valence-corrected chi connectivity index (χ2v) is 6.73. The van der Waals surface area contributed by atoms with Crippen LogP contribution in [0.2, 0.25) is 0 Å². The molecule has 0 spiro atoms. The summed E-state index contributed by atoms with van der Waals surface area (Å²) in [5.74, 6) is 2.02. The number of rotatable bonds is 8. The zero-order chi connectivity index (χ0) is 17.3. The molecule has 0 radical (unpaired) electrons. The Kier molecular flexibility index (Phi) is 8.79. The Bertz CT molecular complexity index is 656. The Morgan fingerprint density at radius 1 is 0.962 bits per heavy atom. The maximum Gasteiger partial charge on any atom is 0.122 e. The number of aryl methyl sites for hydroxylation is 2. The van der Waals surface area contributed by atoms with Crippen LogP contribution in [0.1, 0.15) is 36.8 Å². The number of methoxy groups -OCH3 is 1. The zero-order valence-corrected chi connectivity index (χ0v) is 16.4. The summed E-state index contributed by atoms with van der Waals surface area (Å²) in [6.07, 6.45) is 7.08. The van der Waals surface area contributed by atoms with Gasteiger partial charge in [0.15, 0.2) is 0 Å². The lowest BCUT2D eigenvalue weighted by Gasteiger charge is -2.25. The smallest absolute Gasteiger partial charge is 0.122 e. The van der Waals surface area contributed by atoms with Crippen molar-refractivity contribution in [3.05, 3.63) is 59.7 Å². The molecule has 3 rings (SSSR count). The molecular formula is C22H30ClNO2. The predicted octanol–water partition coefficient (Wildman–Crippen LogP) is 4.81. The van der Waals surface area contributed by atoms with Crippen LogP contribution in [0.3, 0.4) is 0 Å². The van der Waals surface area contributed by atoms with Crippen molar-refractivity contribution in [3.63, 3.8) is 0 Å². The van der Waals surface area contributed by atoms with Gasteiger partial charge < -0.3 is 14.8 Å². The number of piperidine rings is 1. The van der Waals surface area contributed by atoms with E-state index in [1.165, 1.54) is 24.0 Å². The summed E-state index contributed by atoms with van der Waals surface area (Å²) in [6, 6.07) is 16.9. The average molecular weight is 376 g/mol. The molecule has 1 N–H and O–H groups in total. The van der Waals surface area contributed by atoms with Gasteiger partial charge in [0.05, 0.1) is 7.11 Å². The number of para-hydroxylation sites is 1. The first kappa shape index (κ1) is 20.6. The number of unbranched alkanes of at least 4 members (excludes halogenated alkanes) is 1. The minimum atomic E-state index is 0. The molecule has 1 fully saturated rings. The standard InChI is InChI=1S/C22H29NO2.ClH/c1-24-21-11-6-8-18(17-21)7-2-3-9-19-10-4-5-12-22(19)25-20-13-15-23-16-14-20;/h4-6,8,10-12,17,20,23H,2-3,7,9,13-16H2,1H3;1H. The molecule has 0 aliphatic carbocycles. The summed E-state index contributed by atoms with van der Waals surface area (Å²) < 4.78 is 11.6. The van der Waals surface area contributed by atoms with Crippen molar-refractivity contribution >= 4 is 12.4 Å². The highest BCUT2D eigenvalue weighted by Crippen LogP contribution is 2.24. The number of hydrogen-bond donors (Lipinski definition) is 1. The van der Waals surface area contributed by atoms with E-state index in [9.17, 15) is 0 Å². The molecule has 0 saturated carbocycles. The Hall–Kier alpha value is -1.71. The number of benzene rings is 2. The fourth-order valence-electron chi connectivity index (χ4n) is 3.39. The second-order valence-electron chi connectivity index (χ2n) is 6.73. The van der Waals surface area contributed by atoms with Crippen LogP contribution >= 0.6 is 12.4 Å². The molecule has 2 aromatic rings. The summed E-state index contributed by atoms with van der Waals surface area (Å²) in [6.45, 7) is 2.13. The summed E-state index contributed by atoms with van der Waals surface area (Å²) in [4.78, 5) is 0. The zero-order valence-electron chi connectivity index (χ0n) is 15.6. The van der Waals surface area contributed by atoms with E-state index >= 15 is 0 Å². The largest absolute Gasteiger partial charge is 0.497 e. The van der Waals surface area contributed by atoms with Crippen LogP contribution in [0.4, 0.5) is 0 Å². The Labute approximate surface area is 163 Å². The van der Waals surface area contributed by atoms with Crippen molar-refractivity contribution < 1.29 is 9.47 Å². The van der Waals surface area contributed by atoms with Gasteiger partial charge in [-0.1, -0.05) is 30.3 Å². The maximum absolute atomic E-state index is 6.28. The molecule has 2 aromatic carbocycles. The summed E-state index contributed by atoms with van der Waals surface area (Å²) in [7, 11) is 1.72. The van der Waals surface area contributed by atoms with Gasteiger partial charge in [-0.15, -0.1) is 12.4 Å². The quantitative estimate of drug-likeness (QED) is 0.671. The lowest BCUT2D eigenvalue weighted by Crippen LogP contribution is -2.34. The molecule has 142 valence electrons. The van der Waals surface area contributed by atoms with Crippen LogP contribution in [-0.4, -0.2) is 26.3 Å². The first-order valence-electron chi connectivity index (χ1n) is 9.43. The van der Waals surface area contributed by atoms with Gasteiger partial charge in [-0.3, -0.25) is 0 Å². The Balaban J connectivity index is 0.00000243. The summed E-state index contributed by atoms with van der Waals surface area (Å²) in [5.41, 5.74) is 2.69. The molecule has 0 amide bonds. The van der Waals surface area contributed by atoms with E-state index in [1.54, 1.807) is 7.11 Å². The van der Waals surface area contributed by atoms with E-state index in [-0.39, 0.29) is 12.4 Å². The van der Waals surface area contributed by atoms with Gasteiger partial charge in [-0.25, -0.2) is 0 Å². The van der Waals surface area contributed by atoms with Gasteiger partial charge in [-0.2, -0.15) is 0 Å². The monoisotopic (exact) mass is 375 g/mol. The second kappa shape index (κ2) is 11.1. The van der Waals surface area contributed by atoms with Crippen molar-refractivity contribution in [3.8, 4) is 11.5 Å². The molecule has 1 heterocycles. The van der Waals surface area contributed by atoms with E-state index in [1.807, 2.05) is 6.07 Å². The fraction of sp³-hybridized carbons (Fsp3) is 0.455.